The summed E-state index contributed by atoms with van der Waals surface area (Å²) in [6, 6.07) is 0. The molecule has 1 atom stereocenters. The fraction of sp³-hybridized carbons (Fsp3) is 1.00. The van der Waals surface area contributed by atoms with E-state index in [9.17, 15) is 13.2 Å². The molecule has 0 spiro atoms. The first-order valence-electron chi connectivity index (χ1n) is 7.24. The van der Waals surface area contributed by atoms with E-state index in [0.29, 0.717) is 0 Å². The first-order chi connectivity index (χ1) is 8.89. The van der Waals surface area contributed by atoms with Gasteiger partial charge in [-0.25, -0.2) is 0 Å². The lowest BCUT2D eigenvalue weighted by molar-refractivity contribution is -0.181. The quantitative estimate of drug-likeness (QED) is 0.575. The van der Waals surface area contributed by atoms with E-state index in [0.717, 1.165) is 45.2 Å². The number of hydrogen-bond acceptors (Lipinski definition) is 2. The molecule has 2 nitrogen and oxygen atoms in total. The van der Waals surface area contributed by atoms with Crippen LogP contribution in [0.4, 0.5) is 13.2 Å². The molecular weight excluding hydrogens is 255 g/mol. The minimum Gasteiger partial charge on any atom is -0.371 e. The zero-order valence-corrected chi connectivity index (χ0v) is 12.4. The average molecular weight is 283 g/mol. The zero-order chi connectivity index (χ0) is 14.8. The fourth-order valence-corrected chi connectivity index (χ4v) is 2.08. The smallest absolute Gasteiger partial charge is 0.371 e. The maximum Gasteiger partial charge on any atom is 0.411 e. The van der Waals surface area contributed by atoms with Gasteiger partial charge in [-0.1, -0.05) is 33.6 Å². The van der Waals surface area contributed by atoms with Crippen LogP contribution < -0.4 is 5.32 Å². The number of nitrogens with one attached hydrogen (secondary N) is 1. The summed E-state index contributed by atoms with van der Waals surface area (Å²) >= 11 is 0. The Bertz CT molecular complexity index is 221. The molecule has 0 heterocycles. The van der Waals surface area contributed by atoms with E-state index in [4.69, 9.17) is 4.74 Å². The van der Waals surface area contributed by atoms with Gasteiger partial charge in [0, 0.05) is 12.0 Å². The Morgan fingerprint density at radius 3 is 2.16 bits per heavy atom. The standard InChI is InChI=1S/C14H28F3NO/c1-4-7-8-13(6-3,10-18-9-5-2)11-19-12-14(15,16)17/h18H,4-12H2,1-3H3. The Kier molecular flexibility index (Phi) is 9.44. The van der Waals surface area contributed by atoms with Crippen molar-refractivity contribution in [2.24, 2.45) is 5.41 Å². The molecule has 0 bridgehead atoms. The molecule has 0 aromatic heterocycles. The molecule has 0 aromatic carbocycles. The van der Waals surface area contributed by atoms with Crippen LogP contribution in [0.1, 0.15) is 52.9 Å². The summed E-state index contributed by atoms with van der Waals surface area (Å²) in [6.45, 7) is 6.86. The van der Waals surface area contributed by atoms with Crippen molar-refractivity contribution in [1.29, 1.82) is 0 Å². The SMILES string of the molecule is CCCCC(CC)(CNCCC)COCC(F)(F)F. The summed E-state index contributed by atoms with van der Waals surface area (Å²) in [4.78, 5) is 0. The van der Waals surface area contributed by atoms with Crippen LogP contribution in [-0.2, 0) is 4.74 Å². The van der Waals surface area contributed by atoms with Crippen molar-refractivity contribution in [2.45, 2.75) is 59.1 Å². The van der Waals surface area contributed by atoms with Crippen LogP contribution in [0.5, 0.6) is 0 Å². The van der Waals surface area contributed by atoms with Crippen LogP contribution >= 0.6 is 0 Å². The maximum atomic E-state index is 12.2. The van der Waals surface area contributed by atoms with Crippen molar-refractivity contribution in [3.8, 4) is 0 Å². The number of hydrogen-bond donors (Lipinski definition) is 1. The number of ether oxygens (including phenoxy) is 1. The van der Waals surface area contributed by atoms with Gasteiger partial charge in [-0.15, -0.1) is 0 Å². The Hall–Kier alpha value is -0.290. The van der Waals surface area contributed by atoms with Crippen LogP contribution in [0.2, 0.25) is 0 Å². The van der Waals surface area contributed by atoms with Gasteiger partial charge in [-0.3, -0.25) is 0 Å². The van der Waals surface area contributed by atoms with Gasteiger partial charge in [0.15, 0.2) is 0 Å². The van der Waals surface area contributed by atoms with Crippen molar-refractivity contribution < 1.29 is 17.9 Å². The molecule has 0 aliphatic rings. The maximum absolute atomic E-state index is 12.2. The second kappa shape index (κ2) is 9.59. The predicted octanol–water partition coefficient (Wildman–Crippen LogP) is 4.15. The largest absolute Gasteiger partial charge is 0.411 e. The third-order valence-corrected chi connectivity index (χ3v) is 3.41. The number of unbranched alkanes of at least 4 members (excludes halogenated alkanes) is 1. The van der Waals surface area contributed by atoms with Crippen molar-refractivity contribution >= 4 is 0 Å². The lowest BCUT2D eigenvalue weighted by atomic mass is 9.80. The molecule has 0 radical (unpaired) electrons. The topological polar surface area (TPSA) is 21.3 Å². The van der Waals surface area contributed by atoms with Gasteiger partial charge in [0.1, 0.15) is 6.61 Å². The van der Waals surface area contributed by atoms with Crippen LogP contribution in [0.3, 0.4) is 0 Å². The molecule has 0 aromatic rings. The summed E-state index contributed by atoms with van der Waals surface area (Å²) in [5, 5.41) is 3.32. The van der Waals surface area contributed by atoms with Crippen molar-refractivity contribution in [1.82, 2.24) is 5.32 Å². The van der Waals surface area contributed by atoms with Gasteiger partial charge in [0.2, 0.25) is 0 Å². The normalized spacial score (nSPS) is 15.5. The summed E-state index contributed by atoms with van der Waals surface area (Å²) in [5.41, 5.74) is -0.170. The molecule has 0 fully saturated rings. The minimum atomic E-state index is -4.24. The molecular formula is C14H28F3NO. The van der Waals surface area contributed by atoms with Crippen LogP contribution in [0, 0.1) is 5.41 Å². The molecule has 0 aliphatic heterocycles. The van der Waals surface area contributed by atoms with Gasteiger partial charge >= 0.3 is 6.18 Å². The second-order valence-corrected chi connectivity index (χ2v) is 5.24. The Balaban J connectivity index is 4.35. The molecule has 19 heavy (non-hydrogen) atoms. The Labute approximate surface area is 115 Å². The fourth-order valence-electron chi connectivity index (χ4n) is 2.08. The molecule has 5 heteroatoms. The third kappa shape index (κ3) is 9.27. The molecule has 0 aliphatic carbocycles. The van der Waals surface area contributed by atoms with E-state index in [1.165, 1.54) is 0 Å². The second-order valence-electron chi connectivity index (χ2n) is 5.24. The lowest BCUT2D eigenvalue weighted by Gasteiger charge is -2.33. The van der Waals surface area contributed by atoms with E-state index in [1.807, 2.05) is 6.92 Å². The summed E-state index contributed by atoms with van der Waals surface area (Å²) in [7, 11) is 0. The third-order valence-electron chi connectivity index (χ3n) is 3.41. The highest BCUT2D eigenvalue weighted by Gasteiger charge is 2.32. The van der Waals surface area contributed by atoms with E-state index >= 15 is 0 Å². The molecule has 116 valence electrons. The minimum absolute atomic E-state index is 0.170. The Morgan fingerprint density at radius 2 is 1.68 bits per heavy atom. The predicted molar refractivity (Wildman–Crippen MR) is 72.3 cm³/mol. The number of alkyl halides is 3. The van der Waals surface area contributed by atoms with Gasteiger partial charge in [-0.2, -0.15) is 13.2 Å². The molecule has 1 unspecified atom stereocenters. The van der Waals surface area contributed by atoms with Gasteiger partial charge < -0.3 is 10.1 Å². The highest BCUT2D eigenvalue weighted by atomic mass is 19.4. The Morgan fingerprint density at radius 1 is 1.00 bits per heavy atom. The molecule has 0 saturated carbocycles. The van der Waals surface area contributed by atoms with Crippen molar-refractivity contribution in [3.63, 3.8) is 0 Å². The van der Waals surface area contributed by atoms with Gasteiger partial charge in [0.25, 0.3) is 0 Å². The van der Waals surface area contributed by atoms with Gasteiger partial charge in [0.05, 0.1) is 6.61 Å². The highest BCUT2D eigenvalue weighted by Crippen LogP contribution is 2.29. The monoisotopic (exact) mass is 283 g/mol. The van der Waals surface area contributed by atoms with E-state index in [1.54, 1.807) is 0 Å². The molecule has 1 N–H and O–H groups in total. The van der Waals surface area contributed by atoms with Crippen LogP contribution in [0.15, 0.2) is 0 Å². The van der Waals surface area contributed by atoms with Crippen LogP contribution in [0.25, 0.3) is 0 Å². The van der Waals surface area contributed by atoms with Gasteiger partial charge in [-0.05, 0) is 25.8 Å². The lowest BCUT2D eigenvalue weighted by Crippen LogP contribution is -2.39. The number of halogens is 3. The average Bonchev–Trinajstić information content (AvgIpc) is 2.34. The van der Waals surface area contributed by atoms with E-state index in [2.05, 4.69) is 19.2 Å². The molecule has 0 amide bonds. The molecule has 0 rings (SSSR count). The van der Waals surface area contributed by atoms with E-state index in [-0.39, 0.29) is 12.0 Å². The summed E-state index contributed by atoms with van der Waals surface area (Å²) < 4.78 is 41.4. The van der Waals surface area contributed by atoms with E-state index < -0.39 is 12.8 Å². The van der Waals surface area contributed by atoms with Crippen molar-refractivity contribution in [2.75, 3.05) is 26.3 Å². The highest BCUT2D eigenvalue weighted by molar-refractivity contribution is 4.80. The zero-order valence-electron chi connectivity index (χ0n) is 12.4. The summed E-state index contributed by atoms with van der Waals surface area (Å²) in [5.74, 6) is 0. The number of rotatable bonds is 11. The van der Waals surface area contributed by atoms with Crippen molar-refractivity contribution in [3.05, 3.63) is 0 Å². The first kappa shape index (κ1) is 18.7. The molecule has 0 saturated heterocycles. The summed E-state index contributed by atoms with van der Waals surface area (Å²) in [6.07, 6.45) is 0.611. The van der Waals surface area contributed by atoms with Crippen LogP contribution in [-0.4, -0.2) is 32.5 Å². The first-order valence-corrected chi connectivity index (χ1v) is 7.24.